The highest BCUT2D eigenvalue weighted by molar-refractivity contribution is 7.08. The van der Waals surface area contributed by atoms with Crippen LogP contribution in [0, 0.1) is 22.7 Å². The molecule has 168 valence electrons. The van der Waals surface area contributed by atoms with E-state index in [1.807, 2.05) is 10.3 Å². The van der Waals surface area contributed by atoms with Crippen molar-refractivity contribution in [1.82, 2.24) is 4.90 Å². The average Bonchev–Trinajstić information content (AvgIpc) is 3.42. The molecule has 0 aliphatic carbocycles. The van der Waals surface area contributed by atoms with Gasteiger partial charge >= 0.3 is 6.18 Å². The number of carbonyl (C=O) groups is 2. The van der Waals surface area contributed by atoms with Crippen LogP contribution < -0.4 is 10.6 Å². The maximum Gasteiger partial charge on any atom is 0.417 e. The molecular weight excluding hydrogens is 441 g/mol. The van der Waals surface area contributed by atoms with Crippen molar-refractivity contribution in [2.45, 2.75) is 19.0 Å². The van der Waals surface area contributed by atoms with Crippen LogP contribution in [0.25, 0.3) is 0 Å². The maximum absolute atomic E-state index is 13.3. The van der Waals surface area contributed by atoms with Crippen LogP contribution in [-0.2, 0) is 11.0 Å². The van der Waals surface area contributed by atoms with Gasteiger partial charge in [0.05, 0.1) is 28.7 Å². The largest absolute Gasteiger partial charge is 0.417 e. The highest BCUT2D eigenvalue weighted by atomic mass is 32.1. The monoisotopic (exact) mass is 462 g/mol. The number of halogens is 3. The summed E-state index contributed by atoms with van der Waals surface area (Å²) in [4.78, 5) is 28.5. The van der Waals surface area contributed by atoms with Crippen LogP contribution in [0.2, 0.25) is 0 Å². The molecule has 2 saturated heterocycles. The Morgan fingerprint density at radius 3 is 2.50 bits per heavy atom. The molecule has 0 radical (unpaired) electrons. The van der Waals surface area contributed by atoms with Crippen molar-refractivity contribution in [3.05, 3.63) is 51.7 Å². The van der Waals surface area contributed by atoms with E-state index in [1.165, 1.54) is 23.5 Å². The number of alkyl halides is 3. The predicted molar refractivity (Wildman–Crippen MR) is 113 cm³/mol. The highest BCUT2D eigenvalue weighted by Gasteiger charge is 2.52. The fourth-order valence-electron chi connectivity index (χ4n) is 4.86. The van der Waals surface area contributed by atoms with Gasteiger partial charge in [-0.15, -0.1) is 0 Å². The van der Waals surface area contributed by atoms with Crippen LogP contribution in [-0.4, -0.2) is 42.9 Å². The Bertz CT molecular complexity index is 1070. The molecule has 0 bridgehead atoms. The standard InChI is InChI=1S/C22H21F3N4O2S/c23-22(24,25)17-9-16(2-1-14(17)10-26)28-6-4-21(5-7-28)13-29(11-18(21)19(27)30)20(31)15-3-8-32-12-15/h1-3,8-9,12,18H,4-7,11,13H2,(H2,27,30). The van der Waals surface area contributed by atoms with E-state index in [0.717, 1.165) is 6.07 Å². The number of nitriles is 1. The minimum Gasteiger partial charge on any atom is -0.371 e. The normalized spacial score (nSPS) is 20.4. The van der Waals surface area contributed by atoms with Gasteiger partial charge in [-0.1, -0.05) is 0 Å². The van der Waals surface area contributed by atoms with Crippen LogP contribution in [0.15, 0.2) is 35.0 Å². The second-order valence-electron chi connectivity index (χ2n) is 8.34. The van der Waals surface area contributed by atoms with E-state index in [-0.39, 0.29) is 12.5 Å². The Morgan fingerprint density at radius 1 is 1.22 bits per heavy atom. The van der Waals surface area contributed by atoms with Crippen molar-refractivity contribution < 1.29 is 22.8 Å². The zero-order chi connectivity index (χ0) is 23.1. The molecule has 6 nitrogen and oxygen atoms in total. The summed E-state index contributed by atoms with van der Waals surface area (Å²) in [6, 6.07) is 7.03. The first-order chi connectivity index (χ1) is 15.1. The van der Waals surface area contributed by atoms with E-state index < -0.39 is 34.5 Å². The summed E-state index contributed by atoms with van der Waals surface area (Å²) < 4.78 is 40.0. The molecular formula is C22H21F3N4O2S. The van der Waals surface area contributed by atoms with Crippen LogP contribution in [0.4, 0.5) is 18.9 Å². The molecule has 2 aliphatic rings. The van der Waals surface area contributed by atoms with E-state index in [0.29, 0.717) is 43.7 Å². The van der Waals surface area contributed by atoms with E-state index in [1.54, 1.807) is 22.4 Å². The lowest BCUT2D eigenvalue weighted by atomic mass is 9.70. The molecule has 2 fully saturated rings. The van der Waals surface area contributed by atoms with Crippen molar-refractivity contribution in [2.75, 3.05) is 31.1 Å². The number of benzene rings is 1. The second-order valence-corrected chi connectivity index (χ2v) is 9.12. The van der Waals surface area contributed by atoms with Gasteiger partial charge in [-0.05, 0) is 42.5 Å². The van der Waals surface area contributed by atoms with Crippen LogP contribution in [0.3, 0.4) is 0 Å². The van der Waals surface area contributed by atoms with Gasteiger partial charge < -0.3 is 15.5 Å². The summed E-state index contributed by atoms with van der Waals surface area (Å²) in [6.45, 7) is 1.49. The molecule has 4 rings (SSSR count). The van der Waals surface area contributed by atoms with Gasteiger partial charge in [0.25, 0.3) is 5.91 Å². The molecule has 1 atom stereocenters. The zero-order valence-corrected chi connectivity index (χ0v) is 17.9. The van der Waals surface area contributed by atoms with Gasteiger partial charge in [0.15, 0.2) is 0 Å². The molecule has 1 aromatic carbocycles. The van der Waals surface area contributed by atoms with Gasteiger partial charge in [-0.2, -0.15) is 29.8 Å². The summed E-state index contributed by atoms with van der Waals surface area (Å²) in [7, 11) is 0. The van der Waals surface area contributed by atoms with Crippen molar-refractivity contribution >= 4 is 28.8 Å². The Hall–Kier alpha value is -3.06. The molecule has 10 heteroatoms. The Morgan fingerprint density at radius 2 is 1.94 bits per heavy atom. The molecule has 2 aromatic rings. The number of nitrogens with two attached hydrogens (primary N) is 1. The third-order valence-corrected chi connectivity index (χ3v) is 7.28. The van der Waals surface area contributed by atoms with Gasteiger partial charge in [0.1, 0.15) is 0 Å². The van der Waals surface area contributed by atoms with E-state index in [2.05, 4.69) is 0 Å². The molecule has 2 N–H and O–H groups in total. The molecule has 1 spiro atoms. The number of hydrogen-bond donors (Lipinski definition) is 1. The van der Waals surface area contributed by atoms with Gasteiger partial charge in [0.2, 0.25) is 5.91 Å². The molecule has 2 amide bonds. The first-order valence-corrected chi connectivity index (χ1v) is 11.1. The summed E-state index contributed by atoms with van der Waals surface area (Å²) >= 11 is 1.42. The van der Waals surface area contributed by atoms with E-state index in [4.69, 9.17) is 11.0 Å². The first-order valence-electron chi connectivity index (χ1n) is 10.1. The summed E-state index contributed by atoms with van der Waals surface area (Å²) in [5, 5.41) is 12.6. The SMILES string of the molecule is N#Cc1ccc(N2CCC3(CC2)CN(C(=O)c2ccsc2)CC3C(N)=O)cc1C(F)(F)F. The molecule has 0 saturated carbocycles. The highest BCUT2D eigenvalue weighted by Crippen LogP contribution is 2.46. The fraction of sp³-hybridized carbons (Fsp3) is 0.409. The topological polar surface area (TPSA) is 90.4 Å². The molecule has 1 aromatic heterocycles. The van der Waals surface area contributed by atoms with Gasteiger partial charge in [-0.25, -0.2) is 0 Å². The van der Waals surface area contributed by atoms with Crippen molar-refractivity contribution in [3.8, 4) is 6.07 Å². The van der Waals surface area contributed by atoms with Crippen molar-refractivity contribution in [3.63, 3.8) is 0 Å². The lowest BCUT2D eigenvalue weighted by molar-refractivity contribution is -0.137. The lowest BCUT2D eigenvalue weighted by Crippen LogP contribution is -2.47. The van der Waals surface area contributed by atoms with Crippen LogP contribution in [0.5, 0.6) is 0 Å². The number of carbonyl (C=O) groups excluding carboxylic acids is 2. The molecule has 3 heterocycles. The van der Waals surface area contributed by atoms with E-state index >= 15 is 0 Å². The Kier molecular flexibility index (Phi) is 5.63. The summed E-state index contributed by atoms with van der Waals surface area (Å²) in [5.74, 6) is -1.10. The number of primary amides is 1. The quantitative estimate of drug-likeness (QED) is 0.756. The number of anilines is 1. The second kappa shape index (κ2) is 8.13. The lowest BCUT2D eigenvalue weighted by Gasteiger charge is -2.42. The van der Waals surface area contributed by atoms with Crippen LogP contribution in [0.1, 0.15) is 34.3 Å². The van der Waals surface area contributed by atoms with Gasteiger partial charge in [-0.3, -0.25) is 9.59 Å². The van der Waals surface area contributed by atoms with Crippen molar-refractivity contribution in [2.24, 2.45) is 17.1 Å². The van der Waals surface area contributed by atoms with Gasteiger partial charge in [0, 0.05) is 42.7 Å². The first kappa shape index (κ1) is 22.1. The Balaban J connectivity index is 1.53. The zero-order valence-electron chi connectivity index (χ0n) is 17.1. The minimum atomic E-state index is -4.62. The van der Waals surface area contributed by atoms with E-state index in [9.17, 15) is 22.8 Å². The maximum atomic E-state index is 13.3. The third kappa shape index (κ3) is 3.93. The summed E-state index contributed by atoms with van der Waals surface area (Å²) in [6.07, 6.45) is -3.58. The fourth-order valence-corrected chi connectivity index (χ4v) is 5.49. The number of likely N-dealkylation sites (tertiary alicyclic amines) is 1. The number of rotatable bonds is 3. The number of piperidine rings is 1. The predicted octanol–water partition coefficient (Wildman–Crippen LogP) is 3.48. The Labute approximate surface area is 187 Å². The van der Waals surface area contributed by atoms with Crippen molar-refractivity contribution in [1.29, 1.82) is 5.26 Å². The third-order valence-electron chi connectivity index (χ3n) is 6.60. The smallest absolute Gasteiger partial charge is 0.371 e. The summed E-state index contributed by atoms with van der Waals surface area (Å²) in [5.41, 5.74) is 4.78. The number of amides is 2. The number of nitrogens with zero attached hydrogens (tertiary/aromatic N) is 3. The molecule has 32 heavy (non-hydrogen) atoms. The molecule has 1 unspecified atom stereocenters. The minimum absolute atomic E-state index is 0.140. The number of thiophene rings is 1. The van der Waals surface area contributed by atoms with Crippen LogP contribution >= 0.6 is 11.3 Å². The number of hydrogen-bond acceptors (Lipinski definition) is 5. The average molecular weight is 462 g/mol. The molecule has 2 aliphatic heterocycles.